The molecule has 0 aliphatic carbocycles. The summed E-state index contributed by atoms with van der Waals surface area (Å²) in [5.74, 6) is 0. The van der Waals surface area contributed by atoms with E-state index in [0.29, 0.717) is 10.0 Å². The van der Waals surface area contributed by atoms with E-state index in [1.165, 1.54) is 16.0 Å². The summed E-state index contributed by atoms with van der Waals surface area (Å²) >= 11 is 7.01. The third-order valence-electron chi connectivity index (χ3n) is 1.95. The van der Waals surface area contributed by atoms with Crippen LogP contribution in [0.15, 0.2) is 11.0 Å². The molecule has 14 heavy (non-hydrogen) atoms. The van der Waals surface area contributed by atoms with Crippen molar-refractivity contribution in [2.24, 2.45) is 7.05 Å². The Morgan fingerprint density at radius 1 is 1.64 bits per heavy atom. The van der Waals surface area contributed by atoms with E-state index < -0.39 is 0 Å². The van der Waals surface area contributed by atoms with Gasteiger partial charge in [0, 0.05) is 18.9 Å². The van der Waals surface area contributed by atoms with Gasteiger partial charge in [-0.1, -0.05) is 11.6 Å². The summed E-state index contributed by atoms with van der Waals surface area (Å²) in [4.78, 5) is 16.4. The van der Waals surface area contributed by atoms with Crippen LogP contribution in [-0.4, -0.2) is 14.8 Å². The Kier molecular flexibility index (Phi) is 2.20. The maximum atomic E-state index is 11.7. The molecule has 0 spiro atoms. The number of rotatable bonds is 1. The standard InChI is InChI=1S/C8H8ClN3OS/c1-4-6(7(13)12(2)11-4)5-3-10-8(9)14-5/h3,11H,1-2H3. The Hall–Kier alpha value is -1.07. The highest BCUT2D eigenvalue weighted by Crippen LogP contribution is 2.27. The van der Waals surface area contributed by atoms with Crippen LogP contribution in [0.5, 0.6) is 0 Å². The van der Waals surface area contributed by atoms with Crippen LogP contribution < -0.4 is 5.56 Å². The highest BCUT2D eigenvalue weighted by atomic mass is 35.5. The number of H-pyrrole nitrogens is 1. The van der Waals surface area contributed by atoms with Crippen LogP contribution in [0.3, 0.4) is 0 Å². The summed E-state index contributed by atoms with van der Waals surface area (Å²) in [6.07, 6.45) is 1.62. The minimum absolute atomic E-state index is 0.0529. The van der Waals surface area contributed by atoms with Crippen LogP contribution >= 0.6 is 22.9 Å². The molecular weight excluding hydrogens is 222 g/mol. The smallest absolute Gasteiger partial charge is 0.275 e. The van der Waals surface area contributed by atoms with Gasteiger partial charge >= 0.3 is 0 Å². The van der Waals surface area contributed by atoms with Crippen LogP contribution in [0.4, 0.5) is 0 Å². The van der Waals surface area contributed by atoms with Gasteiger partial charge in [-0.2, -0.15) is 0 Å². The number of thiazole rings is 1. The molecule has 2 heterocycles. The Bertz CT molecular complexity index is 525. The molecule has 0 radical (unpaired) electrons. The Morgan fingerprint density at radius 3 is 2.79 bits per heavy atom. The van der Waals surface area contributed by atoms with Gasteiger partial charge in [0.15, 0.2) is 4.47 Å². The zero-order chi connectivity index (χ0) is 10.3. The predicted octanol–water partition coefficient (Wildman–Crippen LogP) is 1.80. The number of hydrogen-bond donors (Lipinski definition) is 1. The zero-order valence-electron chi connectivity index (χ0n) is 7.67. The first kappa shape index (κ1) is 9.48. The maximum Gasteiger partial charge on any atom is 0.275 e. The molecule has 2 aromatic rings. The van der Waals surface area contributed by atoms with Crippen molar-refractivity contribution in [3.05, 3.63) is 26.7 Å². The molecular formula is C8H8ClN3OS. The molecule has 0 aliphatic heterocycles. The van der Waals surface area contributed by atoms with E-state index >= 15 is 0 Å². The van der Waals surface area contributed by atoms with Crippen molar-refractivity contribution in [2.75, 3.05) is 0 Å². The van der Waals surface area contributed by atoms with E-state index in [1.54, 1.807) is 13.2 Å². The van der Waals surface area contributed by atoms with Crippen molar-refractivity contribution < 1.29 is 0 Å². The van der Waals surface area contributed by atoms with Gasteiger partial charge in [-0.3, -0.25) is 14.6 Å². The molecule has 2 rings (SSSR count). The van der Waals surface area contributed by atoms with Crippen molar-refractivity contribution in [1.29, 1.82) is 0 Å². The van der Waals surface area contributed by atoms with E-state index in [9.17, 15) is 4.79 Å². The number of aromatic nitrogens is 3. The van der Waals surface area contributed by atoms with E-state index in [0.717, 1.165) is 10.6 Å². The fraction of sp³-hybridized carbons (Fsp3) is 0.250. The second-order valence-corrected chi connectivity index (χ2v) is 4.57. The normalized spacial score (nSPS) is 10.8. The molecule has 0 fully saturated rings. The fourth-order valence-electron chi connectivity index (χ4n) is 1.34. The summed E-state index contributed by atoms with van der Waals surface area (Å²) in [6.45, 7) is 1.85. The zero-order valence-corrected chi connectivity index (χ0v) is 9.24. The van der Waals surface area contributed by atoms with Crippen LogP contribution in [0.25, 0.3) is 10.4 Å². The quantitative estimate of drug-likeness (QED) is 0.811. The van der Waals surface area contributed by atoms with Gasteiger partial charge < -0.3 is 0 Å². The van der Waals surface area contributed by atoms with Gasteiger partial charge in [-0.25, -0.2) is 4.98 Å². The average Bonchev–Trinajstić information content (AvgIpc) is 2.60. The third-order valence-corrected chi connectivity index (χ3v) is 3.09. The number of nitrogens with one attached hydrogen (secondary N) is 1. The monoisotopic (exact) mass is 229 g/mol. The van der Waals surface area contributed by atoms with E-state index in [4.69, 9.17) is 11.6 Å². The predicted molar refractivity (Wildman–Crippen MR) is 56.9 cm³/mol. The van der Waals surface area contributed by atoms with E-state index in [-0.39, 0.29) is 5.56 Å². The highest BCUT2D eigenvalue weighted by Gasteiger charge is 2.13. The Labute approximate surface area is 89.2 Å². The lowest BCUT2D eigenvalue weighted by Gasteiger charge is -1.88. The maximum absolute atomic E-state index is 11.7. The van der Waals surface area contributed by atoms with Gasteiger partial charge in [0.25, 0.3) is 5.56 Å². The largest absolute Gasteiger partial charge is 0.300 e. The molecule has 0 saturated heterocycles. The van der Waals surface area contributed by atoms with Crippen molar-refractivity contribution in [1.82, 2.24) is 14.8 Å². The number of aryl methyl sites for hydroxylation is 2. The number of halogens is 1. The molecule has 1 N–H and O–H groups in total. The first-order valence-corrected chi connectivity index (χ1v) is 5.16. The van der Waals surface area contributed by atoms with Crippen LogP contribution in [-0.2, 0) is 7.05 Å². The van der Waals surface area contributed by atoms with Crippen molar-refractivity contribution in [3.63, 3.8) is 0 Å². The van der Waals surface area contributed by atoms with Gasteiger partial charge in [0.1, 0.15) is 0 Å². The third kappa shape index (κ3) is 1.38. The summed E-state index contributed by atoms with van der Waals surface area (Å²) < 4.78 is 1.89. The second-order valence-electron chi connectivity index (χ2n) is 2.95. The molecule has 0 saturated carbocycles. The molecule has 0 atom stereocenters. The lowest BCUT2D eigenvalue weighted by molar-refractivity contribution is 0.731. The second kappa shape index (κ2) is 3.25. The molecule has 0 unspecified atom stereocenters. The van der Waals surface area contributed by atoms with Crippen LogP contribution in [0.2, 0.25) is 4.47 Å². The van der Waals surface area contributed by atoms with Gasteiger partial charge in [0.05, 0.1) is 10.4 Å². The summed E-state index contributed by atoms with van der Waals surface area (Å²) in [6, 6.07) is 0. The number of aromatic amines is 1. The minimum atomic E-state index is -0.0529. The molecule has 4 nitrogen and oxygen atoms in total. The Balaban J connectivity index is 2.67. The lowest BCUT2D eigenvalue weighted by atomic mass is 10.2. The summed E-state index contributed by atoms with van der Waals surface area (Å²) in [5, 5.41) is 2.92. The molecule has 0 amide bonds. The van der Waals surface area contributed by atoms with Gasteiger partial charge in [0.2, 0.25) is 0 Å². The summed E-state index contributed by atoms with van der Waals surface area (Å²) in [5.41, 5.74) is 1.43. The number of hydrogen-bond acceptors (Lipinski definition) is 3. The van der Waals surface area contributed by atoms with Crippen molar-refractivity contribution >= 4 is 22.9 Å². The molecule has 2 aromatic heterocycles. The minimum Gasteiger partial charge on any atom is -0.300 e. The van der Waals surface area contributed by atoms with Gasteiger partial charge in [-0.05, 0) is 6.92 Å². The first-order valence-electron chi connectivity index (χ1n) is 3.97. The van der Waals surface area contributed by atoms with Crippen LogP contribution in [0, 0.1) is 6.92 Å². The average molecular weight is 230 g/mol. The van der Waals surface area contributed by atoms with E-state index in [1.807, 2.05) is 6.92 Å². The molecule has 6 heteroatoms. The highest BCUT2D eigenvalue weighted by molar-refractivity contribution is 7.18. The summed E-state index contributed by atoms with van der Waals surface area (Å²) in [7, 11) is 1.68. The SMILES string of the molecule is Cc1[nH]n(C)c(=O)c1-c1cnc(Cl)s1. The Morgan fingerprint density at radius 2 is 2.36 bits per heavy atom. The fourth-order valence-corrected chi connectivity index (χ4v) is 2.38. The topological polar surface area (TPSA) is 50.7 Å². The van der Waals surface area contributed by atoms with Crippen LogP contribution in [0.1, 0.15) is 5.69 Å². The van der Waals surface area contributed by atoms with Crippen molar-refractivity contribution in [2.45, 2.75) is 6.92 Å². The molecule has 0 aromatic carbocycles. The number of nitrogens with zero attached hydrogens (tertiary/aromatic N) is 2. The van der Waals surface area contributed by atoms with Crippen molar-refractivity contribution in [3.8, 4) is 10.4 Å². The van der Waals surface area contributed by atoms with Gasteiger partial charge in [-0.15, -0.1) is 11.3 Å². The van der Waals surface area contributed by atoms with E-state index in [2.05, 4.69) is 10.1 Å². The first-order chi connectivity index (χ1) is 6.59. The molecule has 0 bridgehead atoms. The lowest BCUT2D eigenvalue weighted by Crippen LogP contribution is -2.12. The molecule has 0 aliphatic rings. The molecule has 74 valence electrons.